The number of phenols is 1. The fourth-order valence-electron chi connectivity index (χ4n) is 3.26. The second-order valence-corrected chi connectivity index (χ2v) is 6.32. The molecule has 2 aromatic carbocycles. The van der Waals surface area contributed by atoms with E-state index < -0.39 is 0 Å². The molecule has 1 atom stereocenters. The molecule has 0 aliphatic carbocycles. The molecule has 1 aliphatic heterocycles. The summed E-state index contributed by atoms with van der Waals surface area (Å²) in [4.78, 5) is 2.40. The van der Waals surface area contributed by atoms with Crippen molar-refractivity contribution in [3.63, 3.8) is 0 Å². The lowest BCUT2D eigenvalue weighted by molar-refractivity contribution is 0.171. The van der Waals surface area contributed by atoms with Crippen LogP contribution in [0.25, 0.3) is 0 Å². The number of halogens is 2. The minimum atomic E-state index is 0. The van der Waals surface area contributed by atoms with E-state index in [4.69, 9.17) is 4.74 Å². The first-order valence-electron chi connectivity index (χ1n) is 8.83. The van der Waals surface area contributed by atoms with Crippen LogP contribution < -0.4 is 10.1 Å². The van der Waals surface area contributed by atoms with Gasteiger partial charge in [0.15, 0.2) is 0 Å². The fraction of sp³-hybridized carbons (Fsp3) is 0.333. The van der Waals surface area contributed by atoms with Gasteiger partial charge in [-0.2, -0.15) is 0 Å². The van der Waals surface area contributed by atoms with Gasteiger partial charge in [-0.3, -0.25) is 4.90 Å². The van der Waals surface area contributed by atoms with Gasteiger partial charge in [-0.15, -0.1) is 31.4 Å². The van der Waals surface area contributed by atoms with Gasteiger partial charge in [0.1, 0.15) is 18.1 Å². The maximum atomic E-state index is 10.6. The van der Waals surface area contributed by atoms with Crippen molar-refractivity contribution < 1.29 is 9.84 Å². The van der Waals surface area contributed by atoms with Gasteiger partial charge in [0, 0.05) is 43.9 Å². The summed E-state index contributed by atoms with van der Waals surface area (Å²) in [5.74, 6) is 0.971. The van der Waals surface area contributed by atoms with Crippen LogP contribution in [0.3, 0.4) is 0 Å². The lowest BCUT2D eigenvalue weighted by Gasteiger charge is -2.35. The first kappa shape index (κ1) is 23.3. The summed E-state index contributed by atoms with van der Waals surface area (Å²) in [5.41, 5.74) is 2.05. The summed E-state index contributed by atoms with van der Waals surface area (Å²) in [6.07, 6.45) is 2.74. The summed E-state index contributed by atoms with van der Waals surface area (Å²) >= 11 is 0. The molecule has 0 aromatic heterocycles. The predicted molar refractivity (Wildman–Crippen MR) is 115 cm³/mol. The van der Waals surface area contributed by atoms with E-state index in [2.05, 4.69) is 16.8 Å². The number of aromatic hydroxyl groups is 1. The predicted octanol–water partition coefficient (Wildman–Crippen LogP) is 4.34. The van der Waals surface area contributed by atoms with E-state index in [0.717, 1.165) is 43.7 Å². The normalized spacial score (nSPS) is 15.1. The third-order valence-corrected chi connectivity index (χ3v) is 4.59. The number of ether oxygens (including phenoxy) is 1. The van der Waals surface area contributed by atoms with Crippen LogP contribution in [0.4, 0.5) is 0 Å². The molecule has 1 saturated heterocycles. The lowest BCUT2D eigenvalue weighted by Crippen LogP contribution is -2.45. The van der Waals surface area contributed by atoms with Gasteiger partial charge in [-0.1, -0.05) is 42.5 Å². The van der Waals surface area contributed by atoms with E-state index in [1.54, 1.807) is 6.07 Å². The molecule has 0 radical (unpaired) electrons. The summed E-state index contributed by atoms with van der Waals surface area (Å²) in [7, 11) is 0. The SMILES string of the molecule is C=CC[C@@H](c1ccc(OCc2ccccc2)cc1O)N1CCNCC1.Cl.Cl. The van der Waals surface area contributed by atoms with Crippen molar-refractivity contribution >= 4 is 24.8 Å². The molecule has 0 amide bonds. The van der Waals surface area contributed by atoms with Gasteiger partial charge < -0.3 is 15.2 Å². The molecule has 0 saturated carbocycles. The molecule has 0 unspecified atom stereocenters. The molecule has 2 aromatic rings. The third kappa shape index (κ3) is 6.43. The van der Waals surface area contributed by atoms with E-state index in [9.17, 15) is 5.11 Å². The fourth-order valence-corrected chi connectivity index (χ4v) is 3.26. The zero-order valence-electron chi connectivity index (χ0n) is 15.3. The molecule has 2 N–H and O–H groups in total. The monoisotopic (exact) mass is 410 g/mol. The number of hydrogen-bond acceptors (Lipinski definition) is 4. The Balaban J connectivity index is 0.00000182. The van der Waals surface area contributed by atoms with Crippen LogP contribution in [0.5, 0.6) is 11.5 Å². The van der Waals surface area contributed by atoms with Gasteiger partial charge in [0.2, 0.25) is 0 Å². The molecule has 4 nitrogen and oxygen atoms in total. The molecule has 6 heteroatoms. The van der Waals surface area contributed by atoms with Crippen molar-refractivity contribution in [3.05, 3.63) is 72.3 Å². The molecular weight excluding hydrogens is 383 g/mol. The standard InChI is InChI=1S/C21H26N2O2.2ClH/c1-2-6-20(23-13-11-22-12-14-23)19-10-9-18(15-21(19)24)25-16-17-7-4-3-5-8-17;;/h2-5,7-10,15,20,22,24H,1,6,11-14,16H2;2*1H/t20-;;/m0../s1. The Bertz CT molecular complexity index is 692. The van der Waals surface area contributed by atoms with Gasteiger partial charge in [0.05, 0.1) is 0 Å². The Morgan fingerprint density at radius 3 is 2.44 bits per heavy atom. The van der Waals surface area contributed by atoms with Crippen molar-refractivity contribution in [1.82, 2.24) is 10.2 Å². The zero-order chi connectivity index (χ0) is 17.5. The molecule has 3 rings (SSSR count). The van der Waals surface area contributed by atoms with Crippen LogP contribution in [-0.4, -0.2) is 36.2 Å². The average Bonchev–Trinajstić information content (AvgIpc) is 2.66. The zero-order valence-corrected chi connectivity index (χ0v) is 17.0. The van der Waals surface area contributed by atoms with Crippen molar-refractivity contribution in [1.29, 1.82) is 0 Å². The van der Waals surface area contributed by atoms with Crippen LogP contribution in [0.1, 0.15) is 23.6 Å². The first-order chi connectivity index (χ1) is 12.3. The molecule has 0 bridgehead atoms. The minimum absolute atomic E-state index is 0. The highest BCUT2D eigenvalue weighted by Crippen LogP contribution is 2.34. The number of benzene rings is 2. The second kappa shape index (κ2) is 11.9. The maximum Gasteiger partial charge on any atom is 0.124 e. The maximum absolute atomic E-state index is 10.6. The summed E-state index contributed by atoms with van der Waals surface area (Å²) in [5, 5.41) is 13.9. The third-order valence-electron chi connectivity index (χ3n) is 4.59. The van der Waals surface area contributed by atoms with Crippen LogP contribution >= 0.6 is 24.8 Å². The van der Waals surface area contributed by atoms with Gasteiger partial charge in [0.25, 0.3) is 0 Å². The molecule has 1 fully saturated rings. The summed E-state index contributed by atoms with van der Waals surface area (Å²) < 4.78 is 5.81. The Labute approximate surface area is 174 Å². The Morgan fingerprint density at radius 1 is 1.11 bits per heavy atom. The van der Waals surface area contributed by atoms with E-state index in [1.807, 2.05) is 48.5 Å². The van der Waals surface area contributed by atoms with Gasteiger partial charge in [-0.05, 0) is 18.1 Å². The van der Waals surface area contributed by atoms with Crippen LogP contribution in [0.2, 0.25) is 0 Å². The number of hydrogen-bond donors (Lipinski definition) is 2. The number of nitrogens with zero attached hydrogens (tertiary/aromatic N) is 1. The van der Waals surface area contributed by atoms with Gasteiger partial charge in [-0.25, -0.2) is 0 Å². The number of piperazine rings is 1. The van der Waals surface area contributed by atoms with E-state index in [1.165, 1.54) is 0 Å². The summed E-state index contributed by atoms with van der Waals surface area (Å²) in [6.45, 7) is 8.29. The Hall–Kier alpha value is -1.72. The number of phenolic OH excluding ortho intramolecular Hbond substituents is 1. The lowest BCUT2D eigenvalue weighted by atomic mass is 10.00. The van der Waals surface area contributed by atoms with E-state index in [0.29, 0.717) is 12.4 Å². The summed E-state index contributed by atoms with van der Waals surface area (Å²) in [6, 6.07) is 15.8. The number of nitrogens with one attached hydrogen (secondary N) is 1. The van der Waals surface area contributed by atoms with Gasteiger partial charge >= 0.3 is 0 Å². The molecule has 0 spiro atoms. The molecule has 27 heavy (non-hydrogen) atoms. The van der Waals surface area contributed by atoms with E-state index in [-0.39, 0.29) is 36.6 Å². The quantitative estimate of drug-likeness (QED) is 0.666. The minimum Gasteiger partial charge on any atom is -0.507 e. The van der Waals surface area contributed by atoms with Crippen LogP contribution in [-0.2, 0) is 6.61 Å². The smallest absolute Gasteiger partial charge is 0.124 e. The van der Waals surface area contributed by atoms with E-state index >= 15 is 0 Å². The first-order valence-corrected chi connectivity index (χ1v) is 8.83. The van der Waals surface area contributed by atoms with Crippen molar-refractivity contribution in [2.45, 2.75) is 19.1 Å². The molecule has 148 valence electrons. The molecule has 1 heterocycles. The van der Waals surface area contributed by atoms with Crippen LogP contribution in [0, 0.1) is 0 Å². The highest BCUT2D eigenvalue weighted by molar-refractivity contribution is 5.85. The second-order valence-electron chi connectivity index (χ2n) is 6.32. The highest BCUT2D eigenvalue weighted by atomic mass is 35.5. The molecule has 1 aliphatic rings. The number of rotatable bonds is 7. The van der Waals surface area contributed by atoms with Crippen molar-refractivity contribution in [3.8, 4) is 11.5 Å². The van der Waals surface area contributed by atoms with Crippen molar-refractivity contribution in [2.75, 3.05) is 26.2 Å². The van der Waals surface area contributed by atoms with Crippen LogP contribution in [0.15, 0.2) is 61.2 Å². The topological polar surface area (TPSA) is 44.7 Å². The Morgan fingerprint density at radius 2 is 1.81 bits per heavy atom. The Kier molecular flexibility index (Phi) is 10.3. The highest BCUT2D eigenvalue weighted by Gasteiger charge is 2.23. The average molecular weight is 411 g/mol. The van der Waals surface area contributed by atoms with Crippen molar-refractivity contribution in [2.24, 2.45) is 0 Å². The largest absolute Gasteiger partial charge is 0.507 e. The molecular formula is C21H28Cl2N2O2.